The van der Waals surface area contributed by atoms with Gasteiger partial charge in [-0.05, 0) is 39.5 Å². The fourth-order valence-corrected chi connectivity index (χ4v) is 4.52. The first kappa shape index (κ1) is 20.4. The highest BCUT2D eigenvalue weighted by Gasteiger charge is 2.32. The number of carbonyl (C=O) groups is 1. The van der Waals surface area contributed by atoms with Crippen LogP contribution in [0.15, 0.2) is 17.1 Å². The molecule has 0 atom stereocenters. The molecule has 1 saturated carbocycles. The average Bonchev–Trinajstić information content (AvgIpc) is 3.56. The van der Waals surface area contributed by atoms with E-state index < -0.39 is 16.3 Å². The second-order valence-electron chi connectivity index (χ2n) is 8.15. The Hall–Kier alpha value is -2.90. The third kappa shape index (κ3) is 3.55. The van der Waals surface area contributed by atoms with E-state index in [2.05, 4.69) is 4.90 Å². The molecule has 1 aromatic heterocycles. The van der Waals surface area contributed by atoms with Crippen LogP contribution in [-0.2, 0) is 4.74 Å². The fourth-order valence-electron chi connectivity index (χ4n) is 4.52. The number of hydrogen-bond acceptors (Lipinski definition) is 6. The number of nitro groups is 1. The van der Waals surface area contributed by atoms with E-state index in [9.17, 15) is 19.7 Å². The van der Waals surface area contributed by atoms with E-state index in [1.807, 2.05) is 11.5 Å². The van der Waals surface area contributed by atoms with Crippen molar-refractivity contribution in [1.82, 2.24) is 4.57 Å². The Morgan fingerprint density at radius 2 is 1.90 bits per heavy atom. The van der Waals surface area contributed by atoms with E-state index in [0.717, 1.165) is 57.2 Å². The maximum atomic E-state index is 13.2. The van der Waals surface area contributed by atoms with Gasteiger partial charge < -0.3 is 14.2 Å². The van der Waals surface area contributed by atoms with Gasteiger partial charge in [-0.1, -0.05) is 12.8 Å². The number of nitro benzene ring substituents is 1. The van der Waals surface area contributed by atoms with Gasteiger partial charge in [0.15, 0.2) is 0 Å². The highest BCUT2D eigenvalue weighted by Crippen LogP contribution is 2.42. The number of rotatable bonds is 5. The number of anilines is 1. The van der Waals surface area contributed by atoms with Crippen LogP contribution in [0.5, 0.6) is 0 Å². The number of benzene rings is 1. The van der Waals surface area contributed by atoms with Crippen molar-refractivity contribution < 1.29 is 14.5 Å². The van der Waals surface area contributed by atoms with Crippen molar-refractivity contribution in [2.75, 3.05) is 24.6 Å². The van der Waals surface area contributed by atoms with E-state index in [-0.39, 0.29) is 29.3 Å². The van der Waals surface area contributed by atoms with Gasteiger partial charge in [-0.3, -0.25) is 14.9 Å². The van der Waals surface area contributed by atoms with Crippen LogP contribution in [0, 0.1) is 17.0 Å². The molecule has 8 nitrogen and oxygen atoms in total. The van der Waals surface area contributed by atoms with Gasteiger partial charge in [0.05, 0.1) is 22.4 Å². The van der Waals surface area contributed by atoms with Crippen LogP contribution in [0.25, 0.3) is 10.9 Å². The molecule has 0 unspecified atom stereocenters. The molecule has 4 rings (SSSR count). The number of aryl methyl sites for hydroxylation is 1. The van der Waals surface area contributed by atoms with Crippen molar-refractivity contribution in [2.24, 2.45) is 0 Å². The molecule has 2 aromatic rings. The number of carbonyl (C=O) groups excluding carboxylic acids is 1. The maximum absolute atomic E-state index is 13.2. The predicted molar refractivity (Wildman–Crippen MR) is 115 cm³/mol. The number of esters is 1. The lowest BCUT2D eigenvalue weighted by molar-refractivity contribution is -0.384. The Balaban J connectivity index is 2.02. The van der Waals surface area contributed by atoms with E-state index >= 15 is 0 Å². The zero-order valence-corrected chi connectivity index (χ0v) is 17.5. The minimum absolute atomic E-state index is 0.0625. The van der Waals surface area contributed by atoms with Crippen molar-refractivity contribution in [3.63, 3.8) is 0 Å². The van der Waals surface area contributed by atoms with Gasteiger partial charge >= 0.3 is 5.97 Å². The van der Waals surface area contributed by atoms with Crippen molar-refractivity contribution >= 4 is 28.2 Å². The normalized spacial score (nSPS) is 17.1. The molecule has 1 aliphatic carbocycles. The summed E-state index contributed by atoms with van der Waals surface area (Å²) < 4.78 is 7.02. The van der Waals surface area contributed by atoms with Crippen molar-refractivity contribution in [2.45, 2.75) is 58.4 Å². The third-order valence-electron chi connectivity index (χ3n) is 6.06. The minimum atomic E-state index is -0.685. The largest absolute Gasteiger partial charge is 0.462 e. The first-order valence-corrected chi connectivity index (χ1v) is 10.7. The lowest BCUT2D eigenvalue weighted by Gasteiger charge is -2.26. The van der Waals surface area contributed by atoms with Crippen LogP contribution in [0.3, 0.4) is 0 Å². The van der Waals surface area contributed by atoms with E-state index in [1.165, 1.54) is 6.07 Å². The van der Waals surface area contributed by atoms with E-state index in [1.54, 1.807) is 13.1 Å². The van der Waals surface area contributed by atoms with Gasteiger partial charge in [0.2, 0.25) is 5.43 Å². The maximum Gasteiger partial charge on any atom is 0.343 e. The Morgan fingerprint density at radius 3 is 2.47 bits per heavy atom. The number of pyridine rings is 1. The standard InChI is InChI=1S/C22H27N3O5/c1-3-30-22(27)17-13-24(15-8-9-15)19-14(2)20(23-10-6-4-5-7-11-23)18(25(28)29)12-16(19)21(17)26/h12-13,15H,3-11H2,1-2H3. The molecule has 2 aliphatic rings. The fraction of sp³-hybridized carbons (Fsp3) is 0.545. The first-order valence-electron chi connectivity index (χ1n) is 10.7. The minimum Gasteiger partial charge on any atom is -0.462 e. The number of aromatic nitrogens is 1. The Kier molecular flexibility index (Phi) is 5.49. The zero-order chi connectivity index (χ0) is 21.4. The smallest absolute Gasteiger partial charge is 0.343 e. The molecule has 0 spiro atoms. The molecule has 160 valence electrons. The average molecular weight is 413 g/mol. The molecule has 30 heavy (non-hydrogen) atoms. The summed E-state index contributed by atoms with van der Waals surface area (Å²) >= 11 is 0. The molecule has 1 saturated heterocycles. The zero-order valence-electron chi connectivity index (χ0n) is 17.5. The van der Waals surface area contributed by atoms with Crippen LogP contribution in [-0.4, -0.2) is 35.2 Å². The SMILES string of the molecule is CCOC(=O)c1cn(C2CC2)c2c(C)c(N3CCCCCC3)c([N+](=O)[O-])cc2c1=O. The van der Waals surface area contributed by atoms with Crippen molar-refractivity contribution in [3.05, 3.63) is 43.7 Å². The summed E-state index contributed by atoms with van der Waals surface area (Å²) in [6.45, 7) is 5.23. The predicted octanol–water partition coefficient (Wildman–Crippen LogP) is 4.11. The quantitative estimate of drug-likeness (QED) is 0.416. The monoisotopic (exact) mass is 413 g/mol. The number of ether oxygens (including phenoxy) is 1. The van der Waals surface area contributed by atoms with Crippen LogP contribution >= 0.6 is 0 Å². The highest BCUT2D eigenvalue weighted by atomic mass is 16.6. The molecule has 2 fully saturated rings. The molecular weight excluding hydrogens is 386 g/mol. The van der Waals surface area contributed by atoms with Crippen molar-refractivity contribution in [3.8, 4) is 0 Å². The molecule has 8 heteroatoms. The van der Waals surface area contributed by atoms with Crippen molar-refractivity contribution in [1.29, 1.82) is 0 Å². The molecular formula is C22H27N3O5. The van der Waals surface area contributed by atoms with Gasteiger partial charge in [0.1, 0.15) is 11.3 Å². The lowest BCUT2D eigenvalue weighted by Crippen LogP contribution is -2.27. The Labute approximate surface area is 174 Å². The van der Waals surface area contributed by atoms with Gasteiger partial charge in [-0.2, -0.15) is 0 Å². The molecule has 0 radical (unpaired) electrons. The molecule has 0 bridgehead atoms. The van der Waals surface area contributed by atoms with Gasteiger partial charge in [0, 0.05) is 37.0 Å². The molecule has 1 aromatic carbocycles. The first-order chi connectivity index (χ1) is 14.4. The van der Waals surface area contributed by atoms with E-state index in [4.69, 9.17) is 4.74 Å². The second-order valence-corrected chi connectivity index (χ2v) is 8.15. The highest BCUT2D eigenvalue weighted by molar-refractivity contribution is 5.98. The Bertz CT molecular complexity index is 1060. The van der Waals surface area contributed by atoms with Gasteiger partial charge in [-0.25, -0.2) is 4.79 Å². The van der Waals surface area contributed by atoms with Crippen LogP contribution in [0.4, 0.5) is 11.4 Å². The summed E-state index contributed by atoms with van der Waals surface area (Å²) in [5.41, 5.74) is 1.40. The summed E-state index contributed by atoms with van der Waals surface area (Å²) in [5, 5.41) is 12.2. The molecule has 1 aliphatic heterocycles. The van der Waals surface area contributed by atoms with E-state index in [0.29, 0.717) is 11.2 Å². The summed E-state index contributed by atoms with van der Waals surface area (Å²) in [6, 6.07) is 1.56. The number of fused-ring (bicyclic) bond motifs is 1. The summed E-state index contributed by atoms with van der Waals surface area (Å²) in [6.07, 6.45) is 7.72. The van der Waals surface area contributed by atoms with Gasteiger partial charge in [0.25, 0.3) is 5.69 Å². The lowest BCUT2D eigenvalue weighted by atomic mass is 10.0. The van der Waals surface area contributed by atoms with Crippen LogP contribution in [0.2, 0.25) is 0 Å². The summed E-state index contributed by atoms with van der Waals surface area (Å²) in [5.74, 6) is -0.685. The summed E-state index contributed by atoms with van der Waals surface area (Å²) in [4.78, 5) is 39.2. The number of hydrogen-bond donors (Lipinski definition) is 0. The Morgan fingerprint density at radius 1 is 1.23 bits per heavy atom. The van der Waals surface area contributed by atoms with Crippen LogP contribution < -0.4 is 10.3 Å². The molecule has 0 amide bonds. The number of nitrogens with zero attached hydrogens (tertiary/aromatic N) is 3. The molecule has 2 heterocycles. The van der Waals surface area contributed by atoms with Gasteiger partial charge in [-0.15, -0.1) is 0 Å². The molecule has 0 N–H and O–H groups in total. The summed E-state index contributed by atoms with van der Waals surface area (Å²) in [7, 11) is 0. The second kappa shape index (κ2) is 8.08. The topological polar surface area (TPSA) is 94.7 Å². The third-order valence-corrected chi connectivity index (χ3v) is 6.06. The van der Waals surface area contributed by atoms with Crippen LogP contribution in [0.1, 0.15) is 67.4 Å².